The molecule has 4 heterocycles. The highest BCUT2D eigenvalue weighted by Crippen LogP contribution is 2.42. The average molecular weight is 638 g/mol. The zero-order valence-corrected chi connectivity index (χ0v) is 24.0. The lowest BCUT2D eigenvalue weighted by Crippen LogP contribution is -2.70. The summed E-state index contributed by atoms with van der Waals surface area (Å²) in [4.78, 5) is 47.5. The number of oxime groups is 1. The molecule has 1 fully saturated rings. The number of rotatable bonds is 9. The van der Waals surface area contributed by atoms with Crippen LogP contribution < -0.4 is 11.1 Å². The number of aromatic hydroxyl groups is 2. The minimum Gasteiger partial charge on any atom is -0.504 e. The zero-order chi connectivity index (χ0) is 29.3. The first-order valence-corrected chi connectivity index (χ1v) is 15.1. The minimum absolute atomic E-state index is 0.115. The molecule has 15 nitrogen and oxygen atoms in total. The van der Waals surface area contributed by atoms with Crippen LogP contribution in [0.1, 0.15) is 5.69 Å². The Morgan fingerprint density at radius 3 is 2.78 bits per heavy atom. The average Bonchev–Trinajstić information content (AvgIpc) is 3.59. The van der Waals surface area contributed by atoms with Crippen molar-refractivity contribution in [2.45, 2.75) is 15.8 Å². The van der Waals surface area contributed by atoms with Crippen LogP contribution in [0, 0.1) is 0 Å². The van der Waals surface area contributed by atoms with Gasteiger partial charge in [0.15, 0.2) is 26.7 Å². The summed E-state index contributed by atoms with van der Waals surface area (Å²) >= 11 is 4.93. The largest absolute Gasteiger partial charge is 0.512 e. The number of benzene rings is 1. The lowest BCUT2D eigenvalue weighted by atomic mass is 10.1. The van der Waals surface area contributed by atoms with Gasteiger partial charge < -0.3 is 35.9 Å². The Labute approximate surface area is 247 Å². The third kappa shape index (κ3) is 5.87. The molecule has 3 aromatic rings. The van der Waals surface area contributed by atoms with Crippen LogP contribution in [0.15, 0.2) is 44.5 Å². The number of nitrogens with zero attached hydrogens (tertiary/aromatic N) is 5. The topological polar surface area (TPSA) is 223 Å². The van der Waals surface area contributed by atoms with Crippen LogP contribution >= 0.6 is 46.2 Å². The zero-order valence-electron chi connectivity index (χ0n) is 20.7. The monoisotopic (exact) mass is 637 g/mol. The number of aromatic nitrogens is 3. The van der Waals surface area contributed by atoms with Gasteiger partial charge in [-0.25, -0.2) is 9.78 Å². The summed E-state index contributed by atoms with van der Waals surface area (Å²) in [5, 5.41) is 44.8. The molecule has 41 heavy (non-hydrogen) atoms. The summed E-state index contributed by atoms with van der Waals surface area (Å²) in [6, 6.07) is 3.32. The predicted molar refractivity (Wildman–Crippen MR) is 151 cm³/mol. The number of phenolic OH excluding ortho intramolecular Hbond substituents is 2. The molecule has 0 bridgehead atoms. The molecular formula is C22H19N7O8S4. The number of anilines is 1. The Hall–Kier alpha value is -4.07. The molecule has 1 aromatic carbocycles. The van der Waals surface area contributed by atoms with Gasteiger partial charge in [-0.05, 0) is 18.2 Å². The van der Waals surface area contributed by atoms with E-state index in [1.54, 1.807) is 6.07 Å². The number of nitrogens with one attached hydrogen (secondary N) is 1. The number of amides is 2. The number of nitrogens with two attached hydrogens (primary N) is 1. The fraction of sp³-hybridized carbons (Fsp3) is 0.227. The lowest BCUT2D eigenvalue weighted by Gasteiger charge is -2.49. The number of phenols is 2. The summed E-state index contributed by atoms with van der Waals surface area (Å²) in [5.74, 6) is -1.37. The molecule has 0 saturated carbocycles. The van der Waals surface area contributed by atoms with Crippen molar-refractivity contribution < 1.29 is 39.3 Å². The van der Waals surface area contributed by atoms with E-state index in [0.717, 1.165) is 11.3 Å². The molecule has 0 aliphatic carbocycles. The Kier molecular flexibility index (Phi) is 8.20. The van der Waals surface area contributed by atoms with Gasteiger partial charge in [0.1, 0.15) is 29.2 Å². The van der Waals surface area contributed by atoms with Crippen LogP contribution in [0.25, 0.3) is 10.6 Å². The van der Waals surface area contributed by atoms with E-state index in [9.17, 15) is 29.7 Å². The van der Waals surface area contributed by atoms with Crippen molar-refractivity contribution in [3.63, 3.8) is 0 Å². The van der Waals surface area contributed by atoms with Crippen molar-refractivity contribution >= 4 is 75.0 Å². The molecule has 6 N–H and O–H groups in total. The SMILES string of the molecule is CON=C(C(=O)N[C@@H]1C(=O)N2C(OC(=O)O)=C(CSc3nnc(-c4ccc(O)c(O)c4)s3)CS[C@@H]12)c1csc(N)n1. The van der Waals surface area contributed by atoms with Gasteiger partial charge in [0, 0.05) is 28.0 Å². The standard InChI is InChI=1S/C22H19N7O8S4/c1-36-28-13(10-7-39-20(23)24-10)15(32)25-14-17(33)29-18(37-22(34)35)9(5-38-19(14)29)6-40-21-27-26-16(41-21)8-2-3-11(30)12(31)4-8/h2-4,7,14,19,30-31H,5-6H2,1H3,(H2,23,24)(H,25,32)(H,34,35)/t14-,19+/m1/s1. The summed E-state index contributed by atoms with van der Waals surface area (Å²) < 4.78 is 5.57. The van der Waals surface area contributed by atoms with Crippen LogP contribution in [-0.4, -0.2) is 89.1 Å². The number of fused-ring (bicyclic) bond motifs is 1. The summed E-state index contributed by atoms with van der Waals surface area (Å²) in [5.41, 5.74) is 6.77. The Balaban J connectivity index is 1.29. The van der Waals surface area contributed by atoms with Gasteiger partial charge in [-0.1, -0.05) is 28.3 Å². The van der Waals surface area contributed by atoms with Crippen molar-refractivity contribution in [3.05, 3.63) is 40.7 Å². The highest BCUT2D eigenvalue weighted by Gasteiger charge is 2.54. The molecular weight excluding hydrogens is 619 g/mol. The number of ether oxygens (including phenoxy) is 1. The van der Waals surface area contributed by atoms with Crippen molar-refractivity contribution in [1.29, 1.82) is 0 Å². The number of thioether (sulfide) groups is 2. The van der Waals surface area contributed by atoms with Gasteiger partial charge in [-0.3, -0.25) is 14.5 Å². The minimum atomic E-state index is -1.59. The van der Waals surface area contributed by atoms with Crippen molar-refractivity contribution in [2.75, 3.05) is 24.3 Å². The fourth-order valence-electron chi connectivity index (χ4n) is 3.80. The van der Waals surface area contributed by atoms with Gasteiger partial charge >= 0.3 is 6.16 Å². The van der Waals surface area contributed by atoms with E-state index in [1.807, 2.05) is 0 Å². The first-order chi connectivity index (χ1) is 19.7. The molecule has 0 spiro atoms. The normalized spacial score (nSPS) is 18.5. The predicted octanol–water partition coefficient (Wildman–Crippen LogP) is 2.10. The van der Waals surface area contributed by atoms with Gasteiger partial charge in [0.05, 0.1) is 0 Å². The molecule has 5 rings (SSSR count). The van der Waals surface area contributed by atoms with Gasteiger partial charge in [0.25, 0.3) is 11.8 Å². The summed E-state index contributed by atoms with van der Waals surface area (Å²) in [7, 11) is 1.26. The Bertz CT molecular complexity index is 1590. The maximum absolute atomic E-state index is 13.1. The number of thiazole rings is 1. The second-order valence-corrected chi connectivity index (χ2v) is 12.4. The number of nitrogen functional groups attached to an aromatic ring is 1. The summed E-state index contributed by atoms with van der Waals surface area (Å²) in [6.07, 6.45) is -1.59. The lowest BCUT2D eigenvalue weighted by molar-refractivity contribution is -0.148. The number of hydrogen-bond donors (Lipinski definition) is 5. The molecule has 2 atom stereocenters. The molecule has 2 aromatic heterocycles. The molecule has 19 heteroatoms. The maximum atomic E-state index is 13.1. The van der Waals surface area contributed by atoms with E-state index < -0.39 is 29.4 Å². The molecule has 0 unspecified atom stereocenters. The van der Waals surface area contributed by atoms with Gasteiger partial charge in [-0.15, -0.1) is 33.3 Å². The molecule has 2 amide bonds. The highest BCUT2D eigenvalue weighted by molar-refractivity contribution is 8.01. The third-order valence-electron chi connectivity index (χ3n) is 5.62. The fourth-order valence-corrected chi connectivity index (χ4v) is 7.65. The number of β-lactam (4-membered cyclic amide) rings is 1. The molecule has 2 aliphatic rings. The second-order valence-electron chi connectivity index (χ2n) is 8.20. The van der Waals surface area contributed by atoms with Crippen molar-refractivity contribution in [2.24, 2.45) is 5.16 Å². The third-order valence-corrected chi connectivity index (χ3v) is 9.83. The number of hydrogen-bond acceptors (Lipinski definition) is 16. The van der Waals surface area contributed by atoms with Crippen LogP contribution in [0.4, 0.5) is 9.93 Å². The maximum Gasteiger partial charge on any atom is 0.512 e. The number of carbonyl (C=O) groups is 3. The number of carboxylic acid groups (broad SMARTS) is 1. The van der Waals surface area contributed by atoms with E-state index in [0.29, 0.717) is 26.2 Å². The molecule has 2 aliphatic heterocycles. The molecule has 0 radical (unpaired) electrons. The first-order valence-electron chi connectivity index (χ1n) is 11.4. The van der Waals surface area contributed by atoms with Crippen LogP contribution in [-0.2, 0) is 19.2 Å². The van der Waals surface area contributed by atoms with Gasteiger partial charge in [-0.2, -0.15) is 0 Å². The Morgan fingerprint density at radius 2 is 2.10 bits per heavy atom. The first kappa shape index (κ1) is 28.5. The smallest absolute Gasteiger partial charge is 0.504 e. The quantitative estimate of drug-likeness (QED) is 0.0566. The number of carbonyl (C=O) groups excluding carboxylic acids is 2. The molecule has 214 valence electrons. The molecule has 1 saturated heterocycles. The van der Waals surface area contributed by atoms with E-state index in [-0.39, 0.29) is 39.7 Å². The van der Waals surface area contributed by atoms with E-state index in [2.05, 4.69) is 25.7 Å². The van der Waals surface area contributed by atoms with Crippen molar-refractivity contribution in [3.8, 4) is 22.1 Å². The van der Waals surface area contributed by atoms with E-state index in [4.69, 9.17) is 15.3 Å². The van der Waals surface area contributed by atoms with Gasteiger partial charge in [0.2, 0.25) is 5.88 Å². The second kappa shape index (κ2) is 11.8. The van der Waals surface area contributed by atoms with Crippen molar-refractivity contribution in [1.82, 2.24) is 25.4 Å². The summed E-state index contributed by atoms with van der Waals surface area (Å²) in [6.45, 7) is 0. The van der Waals surface area contributed by atoms with Crippen LogP contribution in [0.5, 0.6) is 11.5 Å². The Morgan fingerprint density at radius 1 is 1.29 bits per heavy atom. The highest BCUT2D eigenvalue weighted by atomic mass is 32.2. The van der Waals surface area contributed by atoms with E-state index in [1.165, 1.54) is 64.4 Å². The van der Waals surface area contributed by atoms with E-state index >= 15 is 0 Å². The van der Waals surface area contributed by atoms with Crippen LogP contribution in [0.2, 0.25) is 0 Å². The van der Waals surface area contributed by atoms with Crippen LogP contribution in [0.3, 0.4) is 0 Å².